The molecule has 0 saturated carbocycles. The molecule has 6 nitrogen and oxygen atoms in total. The zero-order valence-electron chi connectivity index (χ0n) is 45.5. The second-order valence-electron chi connectivity index (χ2n) is 17.9. The molecule has 0 N–H and O–H groups in total. The Morgan fingerprint density at radius 1 is 0.561 bits per heavy atom. The Bertz CT molecular complexity index is 3960. The summed E-state index contributed by atoms with van der Waals surface area (Å²) in [5.41, 5.74) is 9.40. The number of nitrogens with zero attached hydrogens (tertiary/aromatic N) is 4. The molecule has 13 rings (SSSR count). The fourth-order valence-corrected chi connectivity index (χ4v) is 9.37. The van der Waals surface area contributed by atoms with Crippen molar-refractivity contribution < 1.29 is 21.8 Å². The Labute approximate surface area is 398 Å². The molecule has 0 unspecified atom stereocenters. The second kappa shape index (κ2) is 15.3. The minimum atomic E-state index is -2.91. The van der Waals surface area contributed by atoms with E-state index in [9.17, 15) is 2.74 Å². The van der Waals surface area contributed by atoms with Crippen molar-refractivity contribution in [2.75, 3.05) is 16.5 Å². The highest BCUT2D eigenvalue weighted by Gasteiger charge is 2.33. The number of para-hydroxylation sites is 2. The smallest absolute Gasteiger partial charge is 0.137 e. The first-order chi connectivity index (χ1) is 35.8. The van der Waals surface area contributed by atoms with E-state index in [4.69, 9.17) is 24.1 Å². The van der Waals surface area contributed by atoms with E-state index in [1.54, 1.807) is 36.4 Å². The molecule has 0 aliphatic carbocycles. The predicted molar refractivity (Wildman–Crippen MR) is 272 cm³/mol. The van der Waals surface area contributed by atoms with Gasteiger partial charge in [0.15, 0.2) is 0 Å². The average molecular weight is 866 g/mol. The molecule has 0 radical (unpaired) electrons. The van der Waals surface area contributed by atoms with Crippen LogP contribution in [-0.4, -0.2) is 16.2 Å². The number of hydrogen-bond acceptors (Lipinski definition) is 5. The number of aryl methyl sites for hydroxylation is 1. The van der Waals surface area contributed by atoms with Gasteiger partial charge in [-0.3, -0.25) is 4.57 Å². The van der Waals surface area contributed by atoms with Gasteiger partial charge in [0.2, 0.25) is 0 Å². The van der Waals surface area contributed by atoms with Gasteiger partial charge in [-0.1, -0.05) is 106 Å². The van der Waals surface area contributed by atoms with Crippen LogP contribution in [0, 0.1) is 13.7 Å². The first-order valence-corrected chi connectivity index (χ1v) is 22.0. The maximum absolute atomic E-state index is 9.40. The monoisotopic (exact) mass is 865 g/mol. The number of fused-ring (bicyclic) bond motifs is 5. The number of anilines is 4. The molecule has 0 spiro atoms. The van der Waals surface area contributed by atoms with Crippen LogP contribution >= 0.6 is 0 Å². The molecule has 10 aromatic rings. The van der Waals surface area contributed by atoms with E-state index in [2.05, 4.69) is 91.2 Å². The third kappa shape index (κ3) is 6.76. The Balaban J connectivity index is 1.13. The Hall–Kier alpha value is -8.09. The fraction of sp³-hybridized carbons (Fsp3) is 0.117. The van der Waals surface area contributed by atoms with E-state index in [1.165, 1.54) is 16.8 Å². The molecule has 3 aliphatic heterocycles. The predicted octanol–water partition coefficient (Wildman–Crippen LogP) is 16.2. The van der Waals surface area contributed by atoms with Crippen molar-refractivity contribution in [2.24, 2.45) is 0 Å². The Morgan fingerprint density at radius 3 is 1.94 bits per heavy atom. The normalized spacial score (nSPS) is 15.4. The molecule has 0 atom stereocenters. The zero-order chi connectivity index (χ0) is 52.3. The molecule has 12 bridgehead atoms. The highest BCUT2D eigenvalue weighted by Crippen LogP contribution is 2.52. The van der Waals surface area contributed by atoms with Gasteiger partial charge >= 0.3 is 0 Å². The van der Waals surface area contributed by atoms with Crippen LogP contribution in [0.5, 0.6) is 23.0 Å². The van der Waals surface area contributed by atoms with Crippen molar-refractivity contribution in [1.29, 1.82) is 0 Å². The first kappa shape index (κ1) is 30.9. The lowest BCUT2D eigenvalue weighted by Gasteiger charge is -2.30. The van der Waals surface area contributed by atoms with E-state index in [-0.39, 0.29) is 33.7 Å². The van der Waals surface area contributed by atoms with Gasteiger partial charge in [0.25, 0.3) is 0 Å². The summed E-state index contributed by atoms with van der Waals surface area (Å²) in [7, 11) is 0. The quantitative estimate of drug-likeness (QED) is 0.164. The molecular weight excluding hydrogens is 809 g/mol. The van der Waals surface area contributed by atoms with Crippen molar-refractivity contribution in [3.63, 3.8) is 0 Å². The minimum absolute atomic E-state index is 0.00374. The van der Waals surface area contributed by atoms with E-state index in [0.29, 0.717) is 51.7 Å². The van der Waals surface area contributed by atoms with Crippen molar-refractivity contribution in [1.82, 2.24) is 9.55 Å². The molecule has 8 aromatic carbocycles. The van der Waals surface area contributed by atoms with E-state index in [1.807, 2.05) is 60.7 Å². The molecule has 2 aromatic heterocycles. The largest absolute Gasteiger partial charge is 0.457 e. The molecule has 0 amide bonds. The van der Waals surface area contributed by atoms with Crippen LogP contribution < -0.4 is 19.3 Å². The van der Waals surface area contributed by atoms with E-state index in [0.717, 1.165) is 50.6 Å². The minimum Gasteiger partial charge on any atom is -0.457 e. The van der Waals surface area contributed by atoms with Crippen molar-refractivity contribution in [2.45, 2.75) is 39.9 Å². The lowest BCUT2D eigenvalue weighted by Crippen LogP contribution is -2.25. The average Bonchev–Trinajstić information content (AvgIpc) is 3.96. The molecule has 0 fully saturated rings. The number of ether oxygens (including phenoxy) is 2. The molecule has 3 aliphatic rings. The van der Waals surface area contributed by atoms with Gasteiger partial charge in [-0.25, -0.2) is 4.98 Å². The Morgan fingerprint density at radius 2 is 1.21 bits per heavy atom. The lowest BCUT2D eigenvalue weighted by molar-refractivity contribution is 0.483. The van der Waals surface area contributed by atoms with Gasteiger partial charge in [-0.15, -0.1) is 0 Å². The molecule has 66 heavy (non-hydrogen) atoms. The number of benzene rings is 8. The van der Waals surface area contributed by atoms with Gasteiger partial charge < -0.3 is 19.3 Å². The molecule has 5 heterocycles. The van der Waals surface area contributed by atoms with E-state index >= 15 is 0 Å². The maximum atomic E-state index is 9.40. The standard InChI is InChI=1S/C60H48N4O2/c1-38-24-26-49-50-27-25-48-35-57(50)64(56(49)28-38)58-29-39(2)53(36-61-58)42-17-12-20-46(31-42)65-45-19-11-16-41(30-45)52-33-43(60(3,4)5)32-51(40-14-7-6-8-15-40)59(52)63-37-62(54-22-9-10-23-55(54)63)44-18-13-21-47(34-44)66-48/h6-36H,37H2,1-5H3/i1D3,2D3,24D,26D,28D. The maximum Gasteiger partial charge on any atom is 0.137 e. The van der Waals surface area contributed by atoms with Crippen LogP contribution in [-0.2, 0) is 5.41 Å². The van der Waals surface area contributed by atoms with Crippen molar-refractivity contribution >= 4 is 44.6 Å². The summed E-state index contributed by atoms with van der Waals surface area (Å²) in [4.78, 5) is 9.48. The lowest BCUT2D eigenvalue weighted by atomic mass is 9.82. The van der Waals surface area contributed by atoms with Crippen LogP contribution in [0.4, 0.5) is 22.7 Å². The van der Waals surface area contributed by atoms with Crippen LogP contribution in [0.25, 0.3) is 61.0 Å². The number of hydrogen-bond donors (Lipinski definition) is 0. The summed E-state index contributed by atoms with van der Waals surface area (Å²) in [6.45, 7) is 1.52. The summed E-state index contributed by atoms with van der Waals surface area (Å²) in [6.07, 6.45) is 1.46. The SMILES string of the molecule is [2H]c1c(C([2H])([2H])[2H])c([2H])c2c(c1[2H])c1ccc3cc1n2-c1cc(C([2H])([2H])[2H])c(cn1)-c1cccc(c1)Oc1cccc(c1)-c1cc(C(C)(C)C)cc(-c2ccccc2)c1N1CN(c2cccc(c2)O3)c2ccccc21. The van der Waals surface area contributed by atoms with Gasteiger partial charge in [-0.05, 0) is 137 Å². The number of aromatic nitrogens is 2. The third-order valence-electron chi connectivity index (χ3n) is 12.6. The van der Waals surface area contributed by atoms with Gasteiger partial charge in [0.05, 0.1) is 32.2 Å². The second-order valence-corrected chi connectivity index (χ2v) is 17.9. The zero-order valence-corrected chi connectivity index (χ0v) is 36.5. The number of rotatable bonds is 1. The summed E-state index contributed by atoms with van der Waals surface area (Å²) in [6, 6.07) is 51.5. The van der Waals surface area contributed by atoms with Crippen LogP contribution in [0.2, 0.25) is 0 Å². The van der Waals surface area contributed by atoms with Crippen molar-refractivity contribution in [3.8, 4) is 62.2 Å². The highest BCUT2D eigenvalue weighted by molar-refractivity contribution is 6.10. The van der Waals surface area contributed by atoms with Crippen LogP contribution in [0.15, 0.2) is 188 Å². The van der Waals surface area contributed by atoms with E-state index < -0.39 is 31.4 Å². The molecule has 0 saturated heterocycles. The molecule has 6 heteroatoms. The summed E-state index contributed by atoms with van der Waals surface area (Å²) < 4.78 is 94.0. The first-order valence-electron chi connectivity index (χ1n) is 26.5. The van der Waals surface area contributed by atoms with Gasteiger partial charge in [-0.2, -0.15) is 0 Å². The summed E-state index contributed by atoms with van der Waals surface area (Å²) in [5.74, 6) is 1.96. The summed E-state index contributed by atoms with van der Waals surface area (Å²) in [5, 5.41) is 0.573. The Kier molecular flexibility index (Phi) is 7.15. The van der Waals surface area contributed by atoms with Crippen LogP contribution in [0.3, 0.4) is 0 Å². The van der Waals surface area contributed by atoms with Crippen molar-refractivity contribution in [3.05, 3.63) is 205 Å². The number of pyridine rings is 1. The third-order valence-corrected chi connectivity index (χ3v) is 12.6. The molecular formula is C60H48N4O2. The topological polar surface area (TPSA) is 42.8 Å². The molecule has 320 valence electrons. The van der Waals surface area contributed by atoms with Gasteiger partial charge in [0, 0.05) is 59.7 Å². The highest BCUT2D eigenvalue weighted by atomic mass is 16.5. The van der Waals surface area contributed by atoms with Crippen LogP contribution in [0.1, 0.15) is 49.8 Å². The fourth-order valence-electron chi connectivity index (χ4n) is 9.37. The van der Waals surface area contributed by atoms with Gasteiger partial charge in [0.1, 0.15) is 35.5 Å². The summed E-state index contributed by atoms with van der Waals surface area (Å²) >= 11 is 0.